The van der Waals surface area contributed by atoms with Crippen LogP contribution in [0.25, 0.3) is 11.3 Å². The van der Waals surface area contributed by atoms with Gasteiger partial charge in [-0.1, -0.05) is 5.10 Å². The topological polar surface area (TPSA) is 88.9 Å². The molecule has 0 bridgehead atoms. The zero-order valence-electron chi connectivity index (χ0n) is 12.7. The van der Waals surface area contributed by atoms with Gasteiger partial charge in [-0.25, -0.2) is 0 Å². The number of hydrogen-bond acceptors (Lipinski definition) is 6. The van der Waals surface area contributed by atoms with Crippen LogP contribution >= 0.6 is 0 Å². The highest BCUT2D eigenvalue weighted by atomic mass is 16.5. The van der Waals surface area contributed by atoms with E-state index in [1.165, 1.54) is 0 Å². The summed E-state index contributed by atoms with van der Waals surface area (Å²) in [5, 5.41) is 18.4. The molecule has 23 heavy (non-hydrogen) atoms. The molecule has 1 aliphatic rings. The van der Waals surface area contributed by atoms with Crippen LogP contribution in [0.1, 0.15) is 30.2 Å². The van der Waals surface area contributed by atoms with Crippen molar-refractivity contribution in [2.45, 2.75) is 25.3 Å². The largest absolute Gasteiger partial charge is 0.497 e. The molecule has 2 heterocycles. The van der Waals surface area contributed by atoms with Crippen molar-refractivity contribution in [1.29, 1.82) is 0 Å². The van der Waals surface area contributed by atoms with E-state index in [-0.39, 0.29) is 0 Å². The Morgan fingerprint density at radius 2 is 2.09 bits per heavy atom. The lowest BCUT2D eigenvalue weighted by atomic mass is 10.1. The third kappa shape index (κ3) is 2.90. The molecule has 118 valence electrons. The van der Waals surface area contributed by atoms with Crippen molar-refractivity contribution in [2.24, 2.45) is 0 Å². The second-order valence-corrected chi connectivity index (χ2v) is 5.57. The SMILES string of the molecule is COc1ccc(-c2[nH]ncc2CNc2nnc(C3CC3)o2)cc1. The number of nitrogens with one attached hydrogen (secondary N) is 2. The van der Waals surface area contributed by atoms with E-state index in [1.807, 2.05) is 24.3 Å². The number of aromatic amines is 1. The molecule has 1 fully saturated rings. The molecule has 0 aliphatic heterocycles. The third-order valence-corrected chi connectivity index (χ3v) is 3.89. The lowest BCUT2D eigenvalue weighted by Crippen LogP contribution is -2.00. The predicted molar refractivity (Wildman–Crippen MR) is 84.2 cm³/mol. The van der Waals surface area contributed by atoms with Gasteiger partial charge in [0.15, 0.2) is 0 Å². The summed E-state index contributed by atoms with van der Waals surface area (Å²) in [5.41, 5.74) is 3.03. The maximum atomic E-state index is 5.60. The smallest absolute Gasteiger partial charge is 0.315 e. The van der Waals surface area contributed by atoms with Crippen LogP contribution in [0.4, 0.5) is 6.01 Å². The van der Waals surface area contributed by atoms with E-state index in [0.717, 1.165) is 41.3 Å². The van der Waals surface area contributed by atoms with E-state index in [0.29, 0.717) is 18.5 Å². The lowest BCUT2D eigenvalue weighted by molar-refractivity contribution is 0.415. The number of benzene rings is 1. The first-order chi connectivity index (χ1) is 11.3. The molecule has 4 rings (SSSR count). The molecule has 2 N–H and O–H groups in total. The Balaban J connectivity index is 1.47. The van der Waals surface area contributed by atoms with E-state index in [4.69, 9.17) is 9.15 Å². The number of anilines is 1. The molecule has 0 atom stereocenters. The highest BCUT2D eigenvalue weighted by Gasteiger charge is 2.29. The first kappa shape index (κ1) is 13.8. The van der Waals surface area contributed by atoms with E-state index in [9.17, 15) is 0 Å². The van der Waals surface area contributed by atoms with E-state index < -0.39 is 0 Å². The van der Waals surface area contributed by atoms with Crippen LogP contribution in [-0.4, -0.2) is 27.5 Å². The summed E-state index contributed by atoms with van der Waals surface area (Å²) in [6.07, 6.45) is 4.08. The van der Waals surface area contributed by atoms with Crippen LogP contribution in [0.3, 0.4) is 0 Å². The molecule has 0 radical (unpaired) electrons. The van der Waals surface area contributed by atoms with Crippen LogP contribution in [0.5, 0.6) is 5.75 Å². The molecule has 1 saturated carbocycles. The van der Waals surface area contributed by atoms with Gasteiger partial charge >= 0.3 is 6.01 Å². The quantitative estimate of drug-likeness (QED) is 0.727. The van der Waals surface area contributed by atoms with Crippen molar-refractivity contribution >= 4 is 6.01 Å². The van der Waals surface area contributed by atoms with Crippen molar-refractivity contribution in [3.63, 3.8) is 0 Å². The molecular weight excluding hydrogens is 294 g/mol. The van der Waals surface area contributed by atoms with Crippen LogP contribution < -0.4 is 10.1 Å². The first-order valence-electron chi connectivity index (χ1n) is 7.57. The fourth-order valence-corrected chi connectivity index (χ4v) is 2.42. The summed E-state index contributed by atoms with van der Waals surface area (Å²) in [6, 6.07) is 8.29. The molecule has 0 amide bonds. The van der Waals surface area contributed by atoms with Gasteiger partial charge in [0.1, 0.15) is 5.75 Å². The van der Waals surface area contributed by atoms with Crippen LogP contribution in [0, 0.1) is 0 Å². The summed E-state index contributed by atoms with van der Waals surface area (Å²) in [6.45, 7) is 0.560. The molecule has 7 heteroatoms. The van der Waals surface area contributed by atoms with Crippen LogP contribution in [0.2, 0.25) is 0 Å². The minimum absolute atomic E-state index is 0.453. The Morgan fingerprint density at radius 3 is 2.83 bits per heavy atom. The summed E-state index contributed by atoms with van der Waals surface area (Å²) in [7, 11) is 1.65. The Bertz CT molecular complexity index is 789. The minimum Gasteiger partial charge on any atom is -0.497 e. The summed E-state index contributed by atoms with van der Waals surface area (Å²) < 4.78 is 10.8. The first-order valence-corrected chi connectivity index (χ1v) is 7.57. The van der Waals surface area contributed by atoms with Gasteiger partial charge in [0.2, 0.25) is 5.89 Å². The normalized spacial score (nSPS) is 14.0. The number of H-pyrrole nitrogens is 1. The highest BCUT2D eigenvalue weighted by Crippen LogP contribution is 2.39. The maximum Gasteiger partial charge on any atom is 0.315 e. The monoisotopic (exact) mass is 311 g/mol. The lowest BCUT2D eigenvalue weighted by Gasteiger charge is -2.05. The Labute approximate surface area is 133 Å². The average molecular weight is 311 g/mol. The van der Waals surface area contributed by atoms with Gasteiger partial charge in [-0.2, -0.15) is 5.10 Å². The van der Waals surface area contributed by atoms with Gasteiger partial charge in [0.05, 0.1) is 19.0 Å². The van der Waals surface area contributed by atoms with E-state index >= 15 is 0 Å². The highest BCUT2D eigenvalue weighted by molar-refractivity contribution is 5.63. The predicted octanol–water partition coefficient (Wildman–Crippen LogP) is 2.96. The Kier molecular flexibility index (Phi) is 3.45. The van der Waals surface area contributed by atoms with Gasteiger partial charge < -0.3 is 14.5 Å². The summed E-state index contributed by atoms with van der Waals surface area (Å²) in [4.78, 5) is 0. The molecule has 1 aliphatic carbocycles. The van der Waals surface area contributed by atoms with Crippen molar-refractivity contribution in [2.75, 3.05) is 12.4 Å². The molecule has 2 aromatic heterocycles. The summed E-state index contributed by atoms with van der Waals surface area (Å²) in [5.74, 6) is 2.02. The summed E-state index contributed by atoms with van der Waals surface area (Å²) >= 11 is 0. The zero-order valence-corrected chi connectivity index (χ0v) is 12.7. The fraction of sp³-hybridized carbons (Fsp3) is 0.312. The van der Waals surface area contributed by atoms with E-state index in [2.05, 4.69) is 25.7 Å². The van der Waals surface area contributed by atoms with Crippen molar-refractivity contribution in [1.82, 2.24) is 20.4 Å². The standard InChI is InChI=1S/C16H17N5O2/c1-22-13-6-4-10(5-7-13)14-12(9-18-19-14)8-17-16-21-20-15(23-16)11-2-3-11/h4-7,9,11H,2-3,8H2,1H3,(H,17,21)(H,18,19). The zero-order chi connectivity index (χ0) is 15.6. The average Bonchev–Trinajstić information content (AvgIpc) is 3.15. The number of hydrogen-bond donors (Lipinski definition) is 2. The van der Waals surface area contributed by atoms with E-state index in [1.54, 1.807) is 13.3 Å². The van der Waals surface area contributed by atoms with Crippen molar-refractivity contribution in [3.8, 4) is 17.0 Å². The van der Waals surface area contributed by atoms with Crippen LogP contribution in [-0.2, 0) is 6.54 Å². The van der Waals surface area contributed by atoms with Gasteiger partial charge in [-0.3, -0.25) is 5.10 Å². The molecular formula is C16H17N5O2. The van der Waals surface area contributed by atoms with Gasteiger partial charge in [0, 0.05) is 23.6 Å². The number of ether oxygens (including phenoxy) is 1. The van der Waals surface area contributed by atoms with Crippen molar-refractivity contribution in [3.05, 3.63) is 41.9 Å². The Hall–Kier alpha value is -2.83. The molecule has 7 nitrogen and oxygen atoms in total. The number of methoxy groups -OCH3 is 1. The minimum atomic E-state index is 0.453. The maximum absolute atomic E-state index is 5.60. The second kappa shape index (κ2) is 5.75. The number of rotatable bonds is 6. The Morgan fingerprint density at radius 1 is 1.26 bits per heavy atom. The molecule has 0 spiro atoms. The number of aromatic nitrogens is 4. The second-order valence-electron chi connectivity index (χ2n) is 5.57. The molecule has 3 aromatic rings. The van der Waals surface area contributed by atoms with Gasteiger partial charge in [-0.15, -0.1) is 5.10 Å². The van der Waals surface area contributed by atoms with Gasteiger partial charge in [-0.05, 0) is 37.1 Å². The van der Waals surface area contributed by atoms with Crippen molar-refractivity contribution < 1.29 is 9.15 Å². The molecule has 0 unspecified atom stereocenters. The third-order valence-electron chi connectivity index (χ3n) is 3.89. The fourth-order valence-electron chi connectivity index (χ4n) is 2.42. The van der Waals surface area contributed by atoms with Gasteiger partial charge in [0.25, 0.3) is 0 Å². The molecule has 0 saturated heterocycles. The molecule has 1 aromatic carbocycles. The van der Waals surface area contributed by atoms with Crippen LogP contribution in [0.15, 0.2) is 34.9 Å². The number of nitrogens with zero attached hydrogens (tertiary/aromatic N) is 3.